The van der Waals surface area contributed by atoms with E-state index in [1.54, 1.807) is 0 Å². The summed E-state index contributed by atoms with van der Waals surface area (Å²) in [6.45, 7) is 3.59. The van der Waals surface area contributed by atoms with E-state index in [0.717, 1.165) is 70.6 Å². The van der Waals surface area contributed by atoms with E-state index in [1.807, 2.05) is 0 Å². The van der Waals surface area contributed by atoms with Crippen LogP contribution in [0.2, 0.25) is 0 Å². The molecule has 1 unspecified atom stereocenters. The number of rotatable bonds is 45. The van der Waals surface area contributed by atoms with E-state index in [-0.39, 0.29) is 32.6 Å². The summed E-state index contributed by atoms with van der Waals surface area (Å²) in [7, 11) is -4.40. The lowest BCUT2D eigenvalue weighted by Crippen LogP contribution is -2.29. The lowest BCUT2D eigenvalue weighted by atomic mass is 10.0. The van der Waals surface area contributed by atoms with E-state index in [4.69, 9.17) is 24.3 Å². The standard InChI is InChI=1S/C51H90NO8P/c1-3-5-7-9-11-13-15-17-19-21-22-23-24-25-26-28-29-31-33-35-37-39-41-43-50(53)57-47-49(48-59-61(55,56)58-46-45-52)60-51(54)44-42-40-38-36-34-32-30-27-20-18-16-14-12-10-8-6-4-2/h8,10,14,16,20,27-29,32,34-35,37,49H,3-7,9,11-13,15,17-19,21-26,30-31,33,36,38-48,52H2,1-2H3,(H,55,56)/b10-8+,16-14+,27-20+,29-28+,34-32+,37-35+/t49-/m0/s1. The number of phosphoric ester groups is 1. The van der Waals surface area contributed by atoms with Gasteiger partial charge < -0.3 is 20.1 Å². The highest BCUT2D eigenvalue weighted by Crippen LogP contribution is 2.43. The smallest absolute Gasteiger partial charge is 0.462 e. The quantitative estimate of drug-likeness (QED) is 0.0265. The molecule has 0 radical (unpaired) electrons. The predicted octanol–water partition coefficient (Wildman–Crippen LogP) is 14.6. The largest absolute Gasteiger partial charge is 0.472 e. The van der Waals surface area contributed by atoms with Crippen LogP contribution in [0.15, 0.2) is 72.9 Å². The van der Waals surface area contributed by atoms with Crippen molar-refractivity contribution >= 4 is 19.8 Å². The van der Waals surface area contributed by atoms with E-state index >= 15 is 0 Å². The molecule has 0 aromatic rings. The van der Waals surface area contributed by atoms with Gasteiger partial charge in [-0.1, -0.05) is 183 Å². The van der Waals surface area contributed by atoms with Gasteiger partial charge in [0.25, 0.3) is 0 Å². The Balaban J connectivity index is 4.17. The van der Waals surface area contributed by atoms with Gasteiger partial charge in [-0.25, -0.2) is 4.57 Å². The Labute approximate surface area is 373 Å². The second-order valence-corrected chi connectivity index (χ2v) is 17.4. The van der Waals surface area contributed by atoms with E-state index < -0.39 is 32.5 Å². The normalized spacial score (nSPS) is 13.8. The summed E-state index contributed by atoms with van der Waals surface area (Å²) >= 11 is 0. The molecule has 0 amide bonds. The van der Waals surface area contributed by atoms with Crippen molar-refractivity contribution in [2.24, 2.45) is 5.73 Å². The molecule has 0 rings (SSSR count). The van der Waals surface area contributed by atoms with Gasteiger partial charge in [0.2, 0.25) is 0 Å². The van der Waals surface area contributed by atoms with Gasteiger partial charge in [0.15, 0.2) is 6.10 Å². The highest BCUT2D eigenvalue weighted by molar-refractivity contribution is 7.47. The summed E-state index contributed by atoms with van der Waals surface area (Å²) < 4.78 is 32.8. The maximum absolute atomic E-state index is 12.6. The molecule has 0 aliphatic rings. The number of esters is 2. The van der Waals surface area contributed by atoms with Gasteiger partial charge >= 0.3 is 19.8 Å². The minimum absolute atomic E-state index is 0.0398. The maximum Gasteiger partial charge on any atom is 0.472 e. The van der Waals surface area contributed by atoms with Crippen molar-refractivity contribution in [3.8, 4) is 0 Å². The van der Waals surface area contributed by atoms with Gasteiger partial charge in [-0.05, 0) is 83.5 Å². The fourth-order valence-electron chi connectivity index (χ4n) is 6.41. The first-order chi connectivity index (χ1) is 29.8. The number of ether oxygens (including phenoxy) is 2. The van der Waals surface area contributed by atoms with Crippen LogP contribution in [0.1, 0.15) is 206 Å². The number of carbonyl (C=O) groups excluding carboxylic acids is 2. The topological polar surface area (TPSA) is 134 Å². The molecular formula is C51H90NO8P. The van der Waals surface area contributed by atoms with Gasteiger partial charge in [0.1, 0.15) is 6.61 Å². The molecule has 0 aromatic heterocycles. The number of unbranched alkanes of at least 4 members (excludes halogenated alkanes) is 20. The number of phosphoric acid groups is 1. The van der Waals surface area contributed by atoms with Crippen LogP contribution in [0, 0.1) is 0 Å². The zero-order chi connectivity index (χ0) is 44.6. The Morgan fingerprint density at radius 3 is 1.44 bits per heavy atom. The summed E-state index contributed by atoms with van der Waals surface area (Å²) in [4.78, 5) is 34.9. The van der Waals surface area contributed by atoms with Crippen molar-refractivity contribution in [1.29, 1.82) is 0 Å². The van der Waals surface area contributed by atoms with Crippen molar-refractivity contribution in [3.63, 3.8) is 0 Å². The summed E-state index contributed by atoms with van der Waals surface area (Å²) in [6, 6.07) is 0. The van der Waals surface area contributed by atoms with Crippen LogP contribution in [0.3, 0.4) is 0 Å². The van der Waals surface area contributed by atoms with Crippen molar-refractivity contribution < 1.29 is 37.6 Å². The Kier molecular flexibility index (Phi) is 45.0. The Morgan fingerprint density at radius 1 is 0.492 bits per heavy atom. The molecule has 0 bridgehead atoms. The lowest BCUT2D eigenvalue weighted by Gasteiger charge is -2.19. The number of hydrogen-bond donors (Lipinski definition) is 2. The molecule has 2 atom stereocenters. The molecule has 352 valence electrons. The molecule has 0 aliphatic carbocycles. The number of carbonyl (C=O) groups is 2. The van der Waals surface area contributed by atoms with Gasteiger partial charge in [-0.2, -0.15) is 0 Å². The highest BCUT2D eigenvalue weighted by atomic mass is 31.2. The van der Waals surface area contributed by atoms with Crippen LogP contribution >= 0.6 is 7.82 Å². The summed E-state index contributed by atoms with van der Waals surface area (Å²) in [5.41, 5.74) is 5.35. The zero-order valence-corrected chi connectivity index (χ0v) is 39.8. The van der Waals surface area contributed by atoms with E-state index in [9.17, 15) is 19.0 Å². The molecule has 61 heavy (non-hydrogen) atoms. The Bertz CT molecular complexity index is 1230. The van der Waals surface area contributed by atoms with E-state index in [0.29, 0.717) is 12.8 Å². The fourth-order valence-corrected chi connectivity index (χ4v) is 7.18. The van der Waals surface area contributed by atoms with Crippen molar-refractivity contribution in [2.75, 3.05) is 26.4 Å². The molecule has 10 heteroatoms. The number of nitrogens with two attached hydrogens (primary N) is 1. The van der Waals surface area contributed by atoms with Crippen LogP contribution in [0.4, 0.5) is 0 Å². The van der Waals surface area contributed by atoms with Crippen molar-refractivity contribution in [2.45, 2.75) is 213 Å². The first-order valence-electron chi connectivity index (χ1n) is 24.4. The third kappa shape index (κ3) is 46.8. The summed E-state index contributed by atoms with van der Waals surface area (Å²) in [5.74, 6) is -0.916. The third-order valence-electron chi connectivity index (χ3n) is 10.0. The van der Waals surface area contributed by atoms with E-state index in [2.05, 4.69) is 86.8 Å². The lowest BCUT2D eigenvalue weighted by molar-refractivity contribution is -0.161. The summed E-state index contributed by atoms with van der Waals surface area (Å²) in [6.07, 6.45) is 58.1. The average molecular weight is 876 g/mol. The van der Waals surface area contributed by atoms with Gasteiger partial charge in [0, 0.05) is 19.4 Å². The molecule has 3 N–H and O–H groups in total. The molecule has 0 saturated carbocycles. The van der Waals surface area contributed by atoms with Crippen molar-refractivity contribution in [1.82, 2.24) is 0 Å². The first-order valence-corrected chi connectivity index (χ1v) is 25.9. The van der Waals surface area contributed by atoms with Crippen LogP contribution in [0.5, 0.6) is 0 Å². The predicted molar refractivity (Wildman–Crippen MR) is 256 cm³/mol. The first kappa shape index (κ1) is 58.5. The Morgan fingerprint density at radius 2 is 0.918 bits per heavy atom. The van der Waals surface area contributed by atoms with Crippen LogP contribution in [0.25, 0.3) is 0 Å². The molecule has 0 aliphatic heterocycles. The maximum atomic E-state index is 12.6. The molecule has 9 nitrogen and oxygen atoms in total. The van der Waals surface area contributed by atoms with Gasteiger partial charge in [0.05, 0.1) is 13.2 Å². The molecule has 0 fully saturated rings. The second kappa shape index (κ2) is 46.9. The van der Waals surface area contributed by atoms with Crippen LogP contribution in [-0.4, -0.2) is 49.3 Å². The summed E-state index contributed by atoms with van der Waals surface area (Å²) in [5, 5.41) is 0. The second-order valence-electron chi connectivity index (χ2n) is 16.0. The van der Waals surface area contributed by atoms with Crippen LogP contribution in [-0.2, 0) is 32.7 Å². The van der Waals surface area contributed by atoms with Crippen molar-refractivity contribution in [3.05, 3.63) is 72.9 Å². The Hall–Kier alpha value is -2.55. The monoisotopic (exact) mass is 876 g/mol. The molecule has 0 aromatic carbocycles. The molecule has 0 heterocycles. The fraction of sp³-hybridized carbons (Fsp3) is 0.725. The van der Waals surface area contributed by atoms with E-state index in [1.165, 1.54) is 96.3 Å². The van der Waals surface area contributed by atoms with Gasteiger partial charge in [-0.3, -0.25) is 18.6 Å². The number of allylic oxidation sites excluding steroid dienone is 12. The van der Waals surface area contributed by atoms with Crippen LogP contribution < -0.4 is 5.73 Å². The minimum atomic E-state index is -4.40. The minimum Gasteiger partial charge on any atom is -0.462 e. The molecule has 0 spiro atoms. The zero-order valence-electron chi connectivity index (χ0n) is 38.9. The number of hydrogen-bond acceptors (Lipinski definition) is 8. The average Bonchev–Trinajstić information content (AvgIpc) is 3.25. The molecule has 0 saturated heterocycles. The molecular weight excluding hydrogens is 786 g/mol. The van der Waals surface area contributed by atoms with Gasteiger partial charge in [-0.15, -0.1) is 0 Å². The highest BCUT2D eigenvalue weighted by Gasteiger charge is 2.26. The third-order valence-corrected chi connectivity index (χ3v) is 11.0. The SMILES string of the molecule is CCC/C=C/C/C=C/C/C=C/C/C=C/CCCCCC(=O)O[C@@H](COC(=O)CCC/C=C/CC/C=C/CCCCCCCCCCCCCCCC)COP(=O)(O)OCCN.